The number of aliphatic imine (C=N–C) groups is 1. The minimum Gasteiger partial charge on any atom is -0.378 e. The van der Waals surface area contributed by atoms with Gasteiger partial charge in [0.05, 0.1) is 17.4 Å². The van der Waals surface area contributed by atoms with Crippen LogP contribution < -0.4 is 15.5 Å². The zero-order chi connectivity index (χ0) is 32.2. The minimum atomic E-state index is -1.89. The van der Waals surface area contributed by atoms with Crippen LogP contribution in [0.25, 0.3) is 0 Å². The van der Waals surface area contributed by atoms with E-state index in [4.69, 9.17) is 4.99 Å². The van der Waals surface area contributed by atoms with Crippen LogP contribution in [0.3, 0.4) is 0 Å². The van der Waals surface area contributed by atoms with Gasteiger partial charge in [-0.15, -0.1) is 0 Å². The van der Waals surface area contributed by atoms with E-state index in [1.165, 1.54) is 0 Å². The Morgan fingerprint density at radius 1 is 0.889 bits per heavy atom. The fraction of sp³-hybridized carbons (Fsp3) is 0.200. The van der Waals surface area contributed by atoms with E-state index in [-0.39, 0.29) is 17.0 Å². The normalized spacial score (nSPS) is 15.9. The van der Waals surface area contributed by atoms with Gasteiger partial charge in [-0.05, 0) is 41.8 Å². The van der Waals surface area contributed by atoms with Gasteiger partial charge >= 0.3 is 0 Å². The van der Waals surface area contributed by atoms with Crippen LogP contribution in [0.2, 0.25) is 0 Å². The largest absolute Gasteiger partial charge is 0.378 e. The number of carbonyl (C=O) groups is 3. The van der Waals surface area contributed by atoms with Gasteiger partial charge in [0.1, 0.15) is 11.6 Å². The van der Waals surface area contributed by atoms with Gasteiger partial charge < -0.3 is 20.6 Å². The summed E-state index contributed by atoms with van der Waals surface area (Å²) in [6.07, 6.45) is -2.92. The summed E-state index contributed by atoms with van der Waals surface area (Å²) < 4.78 is 27.3. The molecule has 2 unspecified atom stereocenters. The first kappa shape index (κ1) is 31.2. The molecular weight excluding hydrogens is 578 g/mol. The van der Waals surface area contributed by atoms with Crippen molar-refractivity contribution in [2.45, 2.75) is 32.2 Å². The second-order valence-corrected chi connectivity index (χ2v) is 11.1. The lowest BCUT2D eigenvalue weighted by molar-refractivity contribution is -0.130. The number of halogens is 2. The Kier molecular flexibility index (Phi) is 9.15. The number of hydrogen-bond acceptors (Lipinski definition) is 6. The minimum absolute atomic E-state index is 0.232. The monoisotopic (exact) mass is 610 g/mol. The van der Waals surface area contributed by atoms with Gasteiger partial charge in [0, 0.05) is 35.5 Å². The van der Waals surface area contributed by atoms with Crippen LogP contribution in [0.4, 0.5) is 20.2 Å². The number of rotatable bonds is 9. The van der Waals surface area contributed by atoms with Crippen molar-refractivity contribution >= 4 is 34.7 Å². The molecule has 2 amide bonds. The Morgan fingerprint density at radius 3 is 2.24 bits per heavy atom. The SMILES string of the molecule is CC(C)[C@H](NC(=O)C(O)c1cc(F)cc(F)c1)C(=O)c1cccc(NC2N=C(c3ccccc3)c3ccccc3N(C)C2=O)c1. The lowest BCUT2D eigenvalue weighted by atomic mass is 9.94. The number of hydrogen-bond donors (Lipinski definition) is 3. The summed E-state index contributed by atoms with van der Waals surface area (Å²) in [6, 6.07) is 24.8. The third-order valence-electron chi connectivity index (χ3n) is 7.54. The standard InChI is InChI=1S/C35H32F2N4O4/c1-20(2)29(40-34(44)32(43)23-16-24(36)19-25(37)17-23)31(42)22-12-9-13-26(18-22)38-33-35(45)41(3)28-15-8-7-14-27(28)30(39-33)21-10-5-4-6-11-21/h4-20,29,32-33,38,43H,1-3H3,(H,40,44)/t29-,32?,33?/m0/s1. The van der Waals surface area contributed by atoms with Gasteiger partial charge in [0.2, 0.25) is 0 Å². The zero-order valence-corrected chi connectivity index (χ0v) is 24.9. The third kappa shape index (κ3) is 6.81. The number of aliphatic hydroxyl groups excluding tert-OH is 1. The molecule has 0 bridgehead atoms. The summed E-state index contributed by atoms with van der Waals surface area (Å²) in [6.45, 7) is 3.44. The van der Waals surface area contributed by atoms with E-state index >= 15 is 0 Å². The van der Waals surface area contributed by atoms with Crippen molar-refractivity contribution in [1.82, 2.24) is 5.32 Å². The molecule has 0 aliphatic carbocycles. The van der Waals surface area contributed by atoms with Crippen molar-refractivity contribution in [3.8, 4) is 0 Å². The fourth-order valence-electron chi connectivity index (χ4n) is 5.19. The molecule has 0 aromatic heterocycles. The molecule has 0 spiro atoms. The Bertz CT molecular complexity index is 1760. The number of amides is 2. The van der Waals surface area contributed by atoms with Gasteiger partial charge in [0.25, 0.3) is 11.8 Å². The molecular formula is C35H32F2N4O4. The molecule has 10 heteroatoms. The van der Waals surface area contributed by atoms with Crippen LogP contribution in [0, 0.1) is 17.6 Å². The van der Waals surface area contributed by atoms with E-state index in [9.17, 15) is 28.3 Å². The summed E-state index contributed by atoms with van der Waals surface area (Å²) in [4.78, 5) is 46.5. The highest BCUT2D eigenvalue weighted by Gasteiger charge is 2.31. The number of nitrogens with zero attached hydrogens (tertiary/aromatic N) is 2. The lowest BCUT2D eigenvalue weighted by Crippen LogP contribution is -2.46. The van der Waals surface area contributed by atoms with Crippen molar-refractivity contribution in [3.63, 3.8) is 0 Å². The number of anilines is 2. The number of ketones is 1. The first-order chi connectivity index (χ1) is 21.5. The number of benzodiazepines with no additional fused rings is 1. The number of likely N-dealkylation sites (N-methyl/N-ethyl adjacent to an activating group) is 1. The highest BCUT2D eigenvalue weighted by atomic mass is 19.1. The molecule has 5 rings (SSSR count). The molecule has 45 heavy (non-hydrogen) atoms. The Labute approximate surface area is 259 Å². The third-order valence-corrected chi connectivity index (χ3v) is 7.54. The van der Waals surface area contributed by atoms with E-state index in [1.54, 1.807) is 50.1 Å². The van der Waals surface area contributed by atoms with E-state index in [1.807, 2.05) is 54.6 Å². The van der Waals surface area contributed by atoms with Gasteiger partial charge in [-0.2, -0.15) is 0 Å². The van der Waals surface area contributed by atoms with E-state index in [0.29, 0.717) is 23.2 Å². The molecule has 8 nitrogen and oxygen atoms in total. The number of nitrogens with one attached hydrogen (secondary N) is 2. The van der Waals surface area contributed by atoms with Crippen LogP contribution in [-0.2, 0) is 9.59 Å². The average molecular weight is 611 g/mol. The summed E-state index contributed by atoms with van der Waals surface area (Å²) in [7, 11) is 1.68. The first-order valence-corrected chi connectivity index (χ1v) is 14.4. The number of Topliss-reactive ketones (excluding diaryl/α,β-unsaturated/α-hetero) is 1. The van der Waals surface area contributed by atoms with Gasteiger partial charge in [-0.3, -0.25) is 14.4 Å². The van der Waals surface area contributed by atoms with Crippen LogP contribution in [0.5, 0.6) is 0 Å². The maximum atomic E-state index is 13.7. The first-order valence-electron chi connectivity index (χ1n) is 14.4. The fourth-order valence-corrected chi connectivity index (χ4v) is 5.19. The van der Waals surface area contributed by atoms with E-state index in [0.717, 1.165) is 23.3 Å². The number of fused-ring (bicyclic) bond motifs is 1. The second-order valence-electron chi connectivity index (χ2n) is 11.1. The molecule has 1 aliphatic rings. The molecule has 0 saturated carbocycles. The zero-order valence-electron chi connectivity index (χ0n) is 24.9. The van der Waals surface area contributed by atoms with Gasteiger partial charge in [-0.1, -0.05) is 74.5 Å². The summed E-state index contributed by atoms with van der Waals surface area (Å²) in [5.74, 6) is -4.02. The summed E-state index contributed by atoms with van der Waals surface area (Å²) in [5.41, 5.74) is 3.37. The quantitative estimate of drug-likeness (QED) is 0.224. The topological polar surface area (TPSA) is 111 Å². The summed E-state index contributed by atoms with van der Waals surface area (Å²) in [5, 5.41) is 16.2. The molecule has 0 saturated heterocycles. The van der Waals surface area contributed by atoms with Crippen molar-refractivity contribution in [1.29, 1.82) is 0 Å². The molecule has 3 atom stereocenters. The molecule has 1 aliphatic heterocycles. The van der Waals surface area contributed by atoms with Crippen LogP contribution >= 0.6 is 0 Å². The maximum Gasteiger partial charge on any atom is 0.271 e. The Morgan fingerprint density at radius 2 is 1.56 bits per heavy atom. The average Bonchev–Trinajstić information content (AvgIpc) is 3.13. The van der Waals surface area contributed by atoms with Gasteiger partial charge in [-0.25, -0.2) is 13.8 Å². The van der Waals surface area contributed by atoms with Crippen molar-refractivity contribution in [2.75, 3.05) is 17.3 Å². The van der Waals surface area contributed by atoms with Crippen molar-refractivity contribution < 1.29 is 28.3 Å². The molecule has 4 aromatic rings. The molecule has 3 N–H and O–H groups in total. The van der Waals surface area contributed by atoms with Crippen LogP contribution in [0.1, 0.15) is 47.0 Å². The second kappa shape index (κ2) is 13.2. The predicted molar refractivity (Wildman–Crippen MR) is 168 cm³/mol. The van der Waals surface area contributed by atoms with Crippen LogP contribution in [-0.4, -0.2) is 47.7 Å². The Balaban J connectivity index is 1.40. The van der Waals surface area contributed by atoms with E-state index in [2.05, 4.69) is 10.6 Å². The molecule has 230 valence electrons. The van der Waals surface area contributed by atoms with Crippen molar-refractivity contribution in [3.05, 3.63) is 131 Å². The number of carbonyl (C=O) groups excluding carboxylic acids is 3. The highest BCUT2D eigenvalue weighted by Crippen LogP contribution is 2.28. The number of para-hydroxylation sites is 1. The number of benzene rings is 4. The highest BCUT2D eigenvalue weighted by molar-refractivity contribution is 6.20. The molecule has 4 aromatic carbocycles. The summed E-state index contributed by atoms with van der Waals surface area (Å²) >= 11 is 0. The molecule has 0 fully saturated rings. The molecule has 1 heterocycles. The Hall–Kier alpha value is -5.22. The van der Waals surface area contributed by atoms with E-state index < -0.39 is 47.6 Å². The predicted octanol–water partition coefficient (Wildman–Crippen LogP) is 5.27. The smallest absolute Gasteiger partial charge is 0.271 e. The number of aliphatic hydroxyl groups is 1. The van der Waals surface area contributed by atoms with Crippen LogP contribution in [0.15, 0.2) is 102 Å². The molecule has 0 radical (unpaired) electrons. The lowest BCUT2D eigenvalue weighted by Gasteiger charge is -2.24. The van der Waals surface area contributed by atoms with Crippen molar-refractivity contribution in [2.24, 2.45) is 10.9 Å². The van der Waals surface area contributed by atoms with Gasteiger partial charge in [0.15, 0.2) is 18.1 Å². The maximum absolute atomic E-state index is 13.7.